The minimum Gasteiger partial charge on any atom is -0.382 e. The fraction of sp³-hybridized carbons (Fsp3) is 0.652. The molecule has 2 N–H and O–H groups in total. The van der Waals surface area contributed by atoms with Crippen molar-refractivity contribution in [2.75, 3.05) is 73.7 Å². The van der Waals surface area contributed by atoms with E-state index in [1.165, 1.54) is 0 Å². The molecular formula is C23H39N5O3. The molecule has 0 spiro atoms. The van der Waals surface area contributed by atoms with Gasteiger partial charge < -0.3 is 29.9 Å². The second-order valence-electron chi connectivity index (χ2n) is 8.10. The Balaban J connectivity index is 1.91. The molecule has 1 aliphatic rings. The number of methoxy groups -OCH3 is 1. The van der Waals surface area contributed by atoms with E-state index in [0.717, 1.165) is 50.7 Å². The number of nitrogens with one attached hydrogen (secondary N) is 2. The molecule has 0 saturated carbocycles. The molecule has 8 nitrogen and oxygen atoms in total. The fourth-order valence-electron chi connectivity index (χ4n) is 3.45. The quantitative estimate of drug-likeness (QED) is 0.295. The van der Waals surface area contributed by atoms with E-state index in [1.807, 2.05) is 43.3 Å². The number of hydrogen-bond acceptors (Lipinski definition) is 5. The minimum atomic E-state index is -0.0459. The van der Waals surface area contributed by atoms with Crippen LogP contribution in [-0.2, 0) is 16.0 Å². The molecule has 1 aromatic carbocycles. The van der Waals surface area contributed by atoms with Crippen molar-refractivity contribution in [2.24, 2.45) is 10.9 Å². The summed E-state index contributed by atoms with van der Waals surface area (Å²) in [5.74, 6) is 1.38. The van der Waals surface area contributed by atoms with Crippen LogP contribution in [0.15, 0.2) is 29.3 Å². The molecule has 31 heavy (non-hydrogen) atoms. The van der Waals surface area contributed by atoms with E-state index in [4.69, 9.17) is 14.5 Å². The highest BCUT2D eigenvalue weighted by Crippen LogP contribution is 2.17. The third kappa shape index (κ3) is 9.25. The van der Waals surface area contributed by atoms with Gasteiger partial charge >= 0.3 is 0 Å². The largest absolute Gasteiger partial charge is 0.382 e. The summed E-state index contributed by atoms with van der Waals surface area (Å²) in [6.07, 6.45) is 1.10. The fourth-order valence-corrected chi connectivity index (χ4v) is 3.45. The highest BCUT2D eigenvalue weighted by atomic mass is 16.5. The Morgan fingerprint density at radius 2 is 2.13 bits per heavy atom. The summed E-state index contributed by atoms with van der Waals surface area (Å²) >= 11 is 0. The standard InChI is InChI=1S/C23H39N5O3/c1-5-24-23(28-11-9-20(17-28)18-31-14-13-30-4)26-16-19-7-6-8-21(15-19)22(29)25-10-12-27(2)3/h6-8,15,20H,5,9-14,16-18H2,1-4H3,(H,24,26)(H,25,29). The average molecular weight is 434 g/mol. The number of aliphatic imine (C=N–C) groups is 1. The summed E-state index contributed by atoms with van der Waals surface area (Å²) in [7, 11) is 5.67. The number of rotatable bonds is 12. The summed E-state index contributed by atoms with van der Waals surface area (Å²) in [6.45, 7) is 8.81. The number of likely N-dealkylation sites (N-methyl/N-ethyl adjacent to an activating group) is 1. The smallest absolute Gasteiger partial charge is 0.251 e. The lowest BCUT2D eigenvalue weighted by Gasteiger charge is -2.21. The van der Waals surface area contributed by atoms with Crippen molar-refractivity contribution >= 4 is 11.9 Å². The van der Waals surface area contributed by atoms with Gasteiger partial charge in [0.05, 0.1) is 26.4 Å². The first-order valence-corrected chi connectivity index (χ1v) is 11.1. The van der Waals surface area contributed by atoms with Crippen LogP contribution in [0.2, 0.25) is 0 Å². The number of likely N-dealkylation sites (tertiary alicyclic amines) is 1. The number of benzene rings is 1. The normalized spacial score (nSPS) is 16.7. The summed E-state index contributed by atoms with van der Waals surface area (Å²) in [5, 5.41) is 6.36. The molecule has 0 bridgehead atoms. The van der Waals surface area contributed by atoms with E-state index in [-0.39, 0.29) is 5.91 Å². The van der Waals surface area contributed by atoms with Gasteiger partial charge in [-0.1, -0.05) is 12.1 Å². The van der Waals surface area contributed by atoms with Crippen LogP contribution in [-0.4, -0.2) is 95.4 Å². The van der Waals surface area contributed by atoms with E-state index in [2.05, 4.69) is 22.5 Å². The maximum Gasteiger partial charge on any atom is 0.251 e. The molecule has 0 radical (unpaired) electrons. The second-order valence-corrected chi connectivity index (χ2v) is 8.10. The van der Waals surface area contributed by atoms with Gasteiger partial charge in [-0.3, -0.25) is 4.79 Å². The highest BCUT2D eigenvalue weighted by molar-refractivity contribution is 5.94. The van der Waals surface area contributed by atoms with Gasteiger partial charge in [-0.25, -0.2) is 4.99 Å². The van der Waals surface area contributed by atoms with Gasteiger partial charge in [0, 0.05) is 51.3 Å². The van der Waals surface area contributed by atoms with E-state index in [1.54, 1.807) is 7.11 Å². The molecular weight excluding hydrogens is 394 g/mol. The van der Waals surface area contributed by atoms with Gasteiger partial charge in [0.15, 0.2) is 5.96 Å². The van der Waals surface area contributed by atoms with Crippen LogP contribution in [0.4, 0.5) is 0 Å². The topological polar surface area (TPSA) is 78.4 Å². The number of ether oxygens (including phenoxy) is 2. The van der Waals surface area contributed by atoms with Crippen molar-refractivity contribution in [1.29, 1.82) is 0 Å². The van der Waals surface area contributed by atoms with Crippen molar-refractivity contribution in [3.05, 3.63) is 35.4 Å². The van der Waals surface area contributed by atoms with E-state index >= 15 is 0 Å². The van der Waals surface area contributed by atoms with E-state index < -0.39 is 0 Å². The Bertz CT molecular complexity index is 696. The molecule has 174 valence electrons. The Hall–Kier alpha value is -2.16. The van der Waals surface area contributed by atoms with Gasteiger partial charge in [-0.2, -0.15) is 0 Å². The zero-order valence-electron chi connectivity index (χ0n) is 19.5. The first kappa shape index (κ1) is 25.1. The van der Waals surface area contributed by atoms with Gasteiger partial charge in [-0.05, 0) is 45.1 Å². The third-order valence-electron chi connectivity index (χ3n) is 5.15. The lowest BCUT2D eigenvalue weighted by molar-refractivity contribution is 0.0536. The van der Waals surface area contributed by atoms with Crippen LogP contribution in [0.5, 0.6) is 0 Å². The highest BCUT2D eigenvalue weighted by Gasteiger charge is 2.25. The average Bonchev–Trinajstić information content (AvgIpc) is 3.23. The SMILES string of the molecule is CCNC(=NCc1cccc(C(=O)NCCN(C)C)c1)N1CCC(COCCOC)C1. The first-order chi connectivity index (χ1) is 15.0. The number of hydrogen-bond donors (Lipinski definition) is 2. The second kappa shape index (κ2) is 14.0. The lowest BCUT2D eigenvalue weighted by Crippen LogP contribution is -2.40. The predicted octanol–water partition coefficient (Wildman–Crippen LogP) is 1.43. The zero-order chi connectivity index (χ0) is 22.5. The number of guanidine groups is 1. The van der Waals surface area contributed by atoms with Crippen molar-refractivity contribution in [3.63, 3.8) is 0 Å². The predicted molar refractivity (Wildman–Crippen MR) is 125 cm³/mol. The van der Waals surface area contributed by atoms with Crippen LogP contribution in [0.3, 0.4) is 0 Å². The first-order valence-electron chi connectivity index (χ1n) is 11.1. The summed E-state index contributed by atoms with van der Waals surface area (Å²) in [4.78, 5) is 21.6. The van der Waals surface area contributed by atoms with Crippen LogP contribution in [0.1, 0.15) is 29.3 Å². The molecule has 0 aliphatic carbocycles. The number of carbonyl (C=O) groups is 1. The van der Waals surface area contributed by atoms with Crippen molar-refractivity contribution in [2.45, 2.75) is 19.9 Å². The Labute approximate surface area is 187 Å². The van der Waals surface area contributed by atoms with Gasteiger partial charge in [0.2, 0.25) is 0 Å². The minimum absolute atomic E-state index is 0.0459. The van der Waals surface area contributed by atoms with E-state index in [0.29, 0.717) is 37.8 Å². The molecule has 1 fully saturated rings. The molecule has 1 aliphatic heterocycles. The Morgan fingerprint density at radius 3 is 2.87 bits per heavy atom. The monoisotopic (exact) mass is 433 g/mol. The summed E-state index contributed by atoms with van der Waals surface area (Å²) < 4.78 is 10.7. The molecule has 2 rings (SSSR count). The maximum atomic E-state index is 12.4. The molecule has 1 amide bonds. The van der Waals surface area contributed by atoms with E-state index in [9.17, 15) is 4.79 Å². The van der Waals surface area contributed by atoms with Crippen LogP contribution < -0.4 is 10.6 Å². The van der Waals surface area contributed by atoms with Crippen molar-refractivity contribution in [1.82, 2.24) is 20.4 Å². The number of carbonyl (C=O) groups excluding carboxylic acids is 1. The number of amides is 1. The third-order valence-corrected chi connectivity index (χ3v) is 5.15. The maximum absolute atomic E-state index is 12.4. The molecule has 1 aromatic rings. The van der Waals surface area contributed by atoms with Gasteiger partial charge in [-0.15, -0.1) is 0 Å². The molecule has 8 heteroatoms. The molecule has 1 heterocycles. The molecule has 1 unspecified atom stereocenters. The lowest BCUT2D eigenvalue weighted by atomic mass is 10.1. The van der Waals surface area contributed by atoms with Crippen LogP contribution in [0.25, 0.3) is 0 Å². The van der Waals surface area contributed by atoms with Gasteiger partial charge in [0.1, 0.15) is 0 Å². The van der Waals surface area contributed by atoms with Crippen LogP contribution in [0, 0.1) is 5.92 Å². The summed E-state index contributed by atoms with van der Waals surface area (Å²) in [6, 6.07) is 7.70. The molecule has 0 aromatic heterocycles. The van der Waals surface area contributed by atoms with Gasteiger partial charge in [0.25, 0.3) is 5.91 Å². The van der Waals surface area contributed by atoms with Crippen LogP contribution >= 0.6 is 0 Å². The van der Waals surface area contributed by atoms with Crippen molar-refractivity contribution in [3.8, 4) is 0 Å². The summed E-state index contributed by atoms with van der Waals surface area (Å²) in [5.41, 5.74) is 1.69. The van der Waals surface area contributed by atoms with Crippen molar-refractivity contribution < 1.29 is 14.3 Å². The Kier molecular flexibility index (Phi) is 11.3. The number of nitrogens with zero attached hydrogens (tertiary/aromatic N) is 3. The zero-order valence-corrected chi connectivity index (χ0v) is 19.5. The molecule has 1 atom stereocenters. The Morgan fingerprint density at radius 1 is 1.29 bits per heavy atom. The molecule has 1 saturated heterocycles.